The summed E-state index contributed by atoms with van der Waals surface area (Å²) in [6.07, 6.45) is 14.0. The first-order valence-corrected chi connectivity index (χ1v) is 10.1. The van der Waals surface area contributed by atoms with Crippen molar-refractivity contribution in [3.8, 4) is 0 Å². The monoisotopic (exact) mass is 342 g/mol. The van der Waals surface area contributed by atoms with Crippen LogP contribution in [0.15, 0.2) is 23.8 Å². The van der Waals surface area contributed by atoms with Crippen LogP contribution in [-0.2, 0) is 14.3 Å². The van der Waals surface area contributed by atoms with Gasteiger partial charge in [-0.1, -0.05) is 26.0 Å². The fourth-order valence-corrected chi connectivity index (χ4v) is 7.23. The molecule has 3 heteroatoms. The minimum atomic E-state index is 0.208. The molecule has 1 saturated heterocycles. The van der Waals surface area contributed by atoms with Crippen LogP contribution in [0.2, 0.25) is 0 Å². The highest BCUT2D eigenvalue weighted by molar-refractivity contribution is 5.92. The van der Waals surface area contributed by atoms with Crippen LogP contribution in [0.3, 0.4) is 0 Å². The van der Waals surface area contributed by atoms with Gasteiger partial charge in [-0.3, -0.25) is 4.79 Å². The number of ketones is 1. The van der Waals surface area contributed by atoms with E-state index < -0.39 is 0 Å². The van der Waals surface area contributed by atoms with Gasteiger partial charge in [-0.15, -0.1) is 0 Å². The molecular weight excluding hydrogens is 312 g/mol. The van der Waals surface area contributed by atoms with Crippen LogP contribution in [0.1, 0.15) is 52.4 Å². The molecule has 0 aromatic rings. The summed E-state index contributed by atoms with van der Waals surface area (Å²) in [5, 5.41) is 0. The molecule has 0 amide bonds. The molecule has 3 fully saturated rings. The van der Waals surface area contributed by atoms with E-state index in [0.29, 0.717) is 41.8 Å². The van der Waals surface area contributed by atoms with Crippen molar-refractivity contribution >= 4 is 5.78 Å². The van der Waals surface area contributed by atoms with Crippen molar-refractivity contribution in [2.75, 3.05) is 13.4 Å². The summed E-state index contributed by atoms with van der Waals surface area (Å²) >= 11 is 0. The normalized spacial score (nSPS) is 51.7. The highest BCUT2D eigenvalue weighted by atomic mass is 16.7. The Labute approximate surface area is 150 Å². The van der Waals surface area contributed by atoms with E-state index in [1.165, 1.54) is 31.3 Å². The quantitative estimate of drug-likeness (QED) is 0.713. The second kappa shape index (κ2) is 5.53. The summed E-state index contributed by atoms with van der Waals surface area (Å²) < 4.78 is 11.4. The highest BCUT2D eigenvalue weighted by Crippen LogP contribution is 2.65. The molecular formula is C22H30O3. The number of hydrogen-bond acceptors (Lipinski definition) is 3. The van der Waals surface area contributed by atoms with Crippen molar-refractivity contribution in [3.05, 3.63) is 23.8 Å². The molecule has 1 aliphatic heterocycles. The number of rotatable bonds is 1. The molecule has 0 radical (unpaired) electrons. The Morgan fingerprint density at radius 1 is 1.08 bits per heavy atom. The maximum Gasteiger partial charge on any atom is 0.156 e. The smallest absolute Gasteiger partial charge is 0.156 e. The van der Waals surface area contributed by atoms with Crippen molar-refractivity contribution < 1.29 is 14.3 Å². The lowest BCUT2D eigenvalue weighted by atomic mass is 9.48. The van der Waals surface area contributed by atoms with E-state index in [0.717, 1.165) is 25.4 Å². The first kappa shape index (κ1) is 16.3. The lowest BCUT2D eigenvalue weighted by molar-refractivity contribution is -0.116. The molecule has 0 aromatic heterocycles. The molecule has 4 aliphatic carbocycles. The topological polar surface area (TPSA) is 35.5 Å². The van der Waals surface area contributed by atoms with E-state index >= 15 is 0 Å². The molecule has 0 spiro atoms. The zero-order chi connectivity index (χ0) is 17.2. The van der Waals surface area contributed by atoms with Gasteiger partial charge in [0, 0.05) is 6.42 Å². The van der Waals surface area contributed by atoms with Crippen LogP contribution in [-0.4, -0.2) is 25.3 Å². The molecule has 5 aliphatic rings. The summed E-state index contributed by atoms with van der Waals surface area (Å²) in [7, 11) is 0. The number of ether oxygens (including phenoxy) is 2. The maximum atomic E-state index is 11.9. The third kappa shape index (κ3) is 2.21. The largest absolute Gasteiger partial charge is 0.353 e. The first-order valence-electron chi connectivity index (χ1n) is 10.1. The van der Waals surface area contributed by atoms with Gasteiger partial charge < -0.3 is 9.47 Å². The van der Waals surface area contributed by atoms with Crippen molar-refractivity contribution in [3.63, 3.8) is 0 Å². The second-order valence-corrected chi connectivity index (χ2v) is 9.56. The van der Waals surface area contributed by atoms with Crippen LogP contribution in [0.5, 0.6) is 0 Å². The molecule has 2 saturated carbocycles. The molecule has 25 heavy (non-hydrogen) atoms. The van der Waals surface area contributed by atoms with Crippen LogP contribution >= 0.6 is 0 Å². The lowest BCUT2D eigenvalue weighted by Gasteiger charge is -2.56. The Bertz CT molecular complexity index is 644. The van der Waals surface area contributed by atoms with Crippen LogP contribution in [0.4, 0.5) is 0 Å². The summed E-state index contributed by atoms with van der Waals surface area (Å²) in [6.45, 7) is 6.21. The van der Waals surface area contributed by atoms with Crippen molar-refractivity contribution in [1.29, 1.82) is 0 Å². The number of carbonyl (C=O) groups excluding carboxylic acids is 1. The SMILES string of the molecule is C[C@]12CC[C@H]3[C@@H](C=CC4=CC(=O)CC[C@@]43C)[C@@H]1CC[C@@H]2C1COCO1. The number of carbonyl (C=O) groups is 1. The number of hydrogen-bond donors (Lipinski definition) is 0. The summed E-state index contributed by atoms with van der Waals surface area (Å²) in [5.41, 5.74) is 1.89. The highest BCUT2D eigenvalue weighted by Gasteiger charge is 2.59. The Kier molecular flexibility index (Phi) is 3.60. The van der Waals surface area contributed by atoms with E-state index in [1.807, 2.05) is 6.08 Å². The average molecular weight is 342 g/mol. The van der Waals surface area contributed by atoms with E-state index in [-0.39, 0.29) is 5.41 Å². The number of fused-ring (bicyclic) bond motifs is 5. The molecule has 136 valence electrons. The Morgan fingerprint density at radius 3 is 2.72 bits per heavy atom. The van der Waals surface area contributed by atoms with E-state index in [1.54, 1.807) is 0 Å². The fraction of sp³-hybridized carbons (Fsp3) is 0.773. The van der Waals surface area contributed by atoms with E-state index in [2.05, 4.69) is 26.0 Å². The van der Waals surface area contributed by atoms with E-state index in [4.69, 9.17) is 9.47 Å². The fourth-order valence-electron chi connectivity index (χ4n) is 7.23. The molecule has 0 N–H and O–H groups in total. The molecule has 0 aromatic carbocycles. The molecule has 3 nitrogen and oxygen atoms in total. The Hall–Kier alpha value is -0.930. The predicted octanol–water partition coefficient (Wildman–Crippen LogP) is 4.28. The van der Waals surface area contributed by atoms with Gasteiger partial charge in [0.1, 0.15) is 6.79 Å². The van der Waals surface area contributed by atoms with Crippen LogP contribution in [0.25, 0.3) is 0 Å². The van der Waals surface area contributed by atoms with Gasteiger partial charge in [0.15, 0.2) is 5.78 Å². The Balaban J connectivity index is 1.48. The van der Waals surface area contributed by atoms with Gasteiger partial charge >= 0.3 is 0 Å². The standard InChI is InChI=1S/C22H30O3/c1-21-9-7-15(23)11-14(21)3-4-16-17-5-6-19(20-12-24-13-25-20)22(17,2)10-8-18(16)21/h3-4,11,16-20H,5-10,12-13H2,1-2H3/t16-,17-,18-,19+,20?,21-,22-/m0/s1. The zero-order valence-corrected chi connectivity index (χ0v) is 15.5. The maximum absolute atomic E-state index is 11.9. The van der Waals surface area contributed by atoms with Gasteiger partial charge in [0.05, 0.1) is 12.7 Å². The van der Waals surface area contributed by atoms with Gasteiger partial charge in [0.2, 0.25) is 0 Å². The number of allylic oxidation sites excluding steroid dienone is 4. The molecule has 1 unspecified atom stereocenters. The van der Waals surface area contributed by atoms with Gasteiger partial charge in [-0.2, -0.15) is 0 Å². The predicted molar refractivity (Wildman–Crippen MR) is 95.8 cm³/mol. The molecule has 0 bridgehead atoms. The lowest BCUT2D eigenvalue weighted by Crippen LogP contribution is -2.50. The third-order valence-corrected chi connectivity index (χ3v) is 8.69. The second-order valence-electron chi connectivity index (χ2n) is 9.56. The van der Waals surface area contributed by atoms with Crippen molar-refractivity contribution in [2.45, 2.75) is 58.5 Å². The van der Waals surface area contributed by atoms with Crippen molar-refractivity contribution in [2.24, 2.45) is 34.5 Å². The van der Waals surface area contributed by atoms with Crippen LogP contribution in [0, 0.1) is 34.5 Å². The van der Waals surface area contributed by atoms with Crippen molar-refractivity contribution in [1.82, 2.24) is 0 Å². The van der Waals surface area contributed by atoms with Gasteiger partial charge in [0.25, 0.3) is 0 Å². The Morgan fingerprint density at radius 2 is 1.92 bits per heavy atom. The zero-order valence-electron chi connectivity index (χ0n) is 15.5. The average Bonchev–Trinajstić information content (AvgIpc) is 3.22. The van der Waals surface area contributed by atoms with E-state index in [9.17, 15) is 4.79 Å². The third-order valence-electron chi connectivity index (χ3n) is 8.69. The van der Waals surface area contributed by atoms with Crippen LogP contribution < -0.4 is 0 Å². The molecule has 1 heterocycles. The minimum absolute atomic E-state index is 0.208. The summed E-state index contributed by atoms with van der Waals surface area (Å²) in [5.74, 6) is 3.09. The van der Waals surface area contributed by atoms with Gasteiger partial charge in [-0.05, 0) is 78.3 Å². The minimum Gasteiger partial charge on any atom is -0.353 e. The summed E-state index contributed by atoms with van der Waals surface area (Å²) in [6, 6.07) is 0. The molecule has 5 rings (SSSR count). The summed E-state index contributed by atoms with van der Waals surface area (Å²) in [4.78, 5) is 11.9. The first-order chi connectivity index (χ1) is 12.0. The molecule has 7 atom stereocenters. The van der Waals surface area contributed by atoms with Gasteiger partial charge in [-0.25, -0.2) is 0 Å².